The molecule has 1 aromatic rings. The molecule has 1 atom stereocenters. The summed E-state index contributed by atoms with van der Waals surface area (Å²) >= 11 is 0. The lowest BCUT2D eigenvalue weighted by Gasteiger charge is -2.38. The minimum Gasteiger partial charge on any atom is -0.357 e. The largest absolute Gasteiger partial charge is 0.357 e. The van der Waals surface area contributed by atoms with Gasteiger partial charge in [-0.1, -0.05) is 0 Å². The predicted octanol–water partition coefficient (Wildman–Crippen LogP) is 1.56. The van der Waals surface area contributed by atoms with E-state index in [1.54, 1.807) is 6.20 Å². The fourth-order valence-electron chi connectivity index (χ4n) is 4.07. The Morgan fingerprint density at radius 2 is 2.12 bits per heavy atom. The first kappa shape index (κ1) is 17.0. The predicted molar refractivity (Wildman–Crippen MR) is 92.8 cm³/mol. The van der Waals surface area contributed by atoms with E-state index in [4.69, 9.17) is 0 Å². The van der Waals surface area contributed by atoms with Gasteiger partial charge in [-0.2, -0.15) is 0 Å². The van der Waals surface area contributed by atoms with Gasteiger partial charge in [-0.25, -0.2) is 0 Å². The van der Waals surface area contributed by atoms with E-state index in [-0.39, 0.29) is 17.4 Å². The van der Waals surface area contributed by atoms with Crippen LogP contribution in [0.2, 0.25) is 0 Å². The van der Waals surface area contributed by atoms with Crippen LogP contribution in [0.1, 0.15) is 42.6 Å². The van der Waals surface area contributed by atoms with E-state index in [1.165, 1.54) is 0 Å². The normalized spacial score (nSPS) is 24.9. The van der Waals surface area contributed by atoms with Crippen LogP contribution in [0.4, 0.5) is 0 Å². The monoisotopic (exact) mass is 332 g/mol. The summed E-state index contributed by atoms with van der Waals surface area (Å²) in [4.78, 5) is 34.2. The van der Waals surface area contributed by atoms with Gasteiger partial charge >= 0.3 is 0 Å². The van der Waals surface area contributed by atoms with Crippen LogP contribution in [-0.4, -0.2) is 77.3 Å². The maximum absolute atomic E-state index is 12.6. The van der Waals surface area contributed by atoms with Gasteiger partial charge in [0.2, 0.25) is 5.91 Å². The molecule has 1 N–H and O–H groups in total. The number of amides is 2. The molecular formula is C18H28N4O2. The third-order valence-electron chi connectivity index (χ3n) is 5.48. The number of rotatable bonds is 4. The maximum Gasteiger partial charge on any atom is 0.270 e. The van der Waals surface area contributed by atoms with Crippen molar-refractivity contribution in [3.63, 3.8) is 0 Å². The molecule has 0 aliphatic carbocycles. The number of carbonyl (C=O) groups is 2. The molecule has 0 radical (unpaired) electrons. The van der Waals surface area contributed by atoms with Gasteiger partial charge in [-0.05, 0) is 51.9 Å². The zero-order valence-electron chi connectivity index (χ0n) is 14.8. The van der Waals surface area contributed by atoms with Gasteiger partial charge in [0.15, 0.2) is 0 Å². The molecule has 6 heteroatoms. The average molecular weight is 332 g/mol. The summed E-state index contributed by atoms with van der Waals surface area (Å²) < 4.78 is 0. The summed E-state index contributed by atoms with van der Waals surface area (Å²) in [5, 5.41) is 0. The summed E-state index contributed by atoms with van der Waals surface area (Å²) in [6, 6.07) is 3.68. The molecule has 1 spiro atoms. The molecule has 0 unspecified atom stereocenters. The SMILES string of the molecule is CN(C)CCN1C(=O)CC[C@@]12CCCN(C(=O)c1ccc[nH]1)CC2. The number of likely N-dealkylation sites (N-methyl/N-ethyl adjacent to an activating group) is 1. The van der Waals surface area contributed by atoms with Gasteiger partial charge in [-0.15, -0.1) is 0 Å². The topological polar surface area (TPSA) is 59.6 Å². The molecular weight excluding hydrogens is 304 g/mol. The van der Waals surface area contributed by atoms with Gasteiger partial charge in [-0.3, -0.25) is 9.59 Å². The van der Waals surface area contributed by atoms with Crippen LogP contribution in [0.25, 0.3) is 0 Å². The molecule has 2 amide bonds. The fourth-order valence-corrected chi connectivity index (χ4v) is 4.07. The third-order valence-corrected chi connectivity index (χ3v) is 5.48. The highest BCUT2D eigenvalue weighted by molar-refractivity contribution is 5.92. The molecule has 3 rings (SSSR count). The van der Waals surface area contributed by atoms with Crippen LogP contribution >= 0.6 is 0 Å². The summed E-state index contributed by atoms with van der Waals surface area (Å²) in [6.45, 7) is 3.17. The van der Waals surface area contributed by atoms with Crippen molar-refractivity contribution in [2.75, 3.05) is 40.3 Å². The van der Waals surface area contributed by atoms with Crippen molar-refractivity contribution in [2.45, 2.75) is 37.6 Å². The van der Waals surface area contributed by atoms with Crippen LogP contribution in [-0.2, 0) is 4.79 Å². The Hall–Kier alpha value is -1.82. The number of likely N-dealkylation sites (tertiary alicyclic amines) is 2. The first-order valence-corrected chi connectivity index (χ1v) is 8.90. The second-order valence-electron chi connectivity index (χ2n) is 7.30. The number of aromatic amines is 1. The number of aromatic nitrogens is 1. The molecule has 0 saturated carbocycles. The number of H-pyrrole nitrogens is 1. The number of hydrogen-bond acceptors (Lipinski definition) is 3. The molecule has 24 heavy (non-hydrogen) atoms. The second-order valence-corrected chi connectivity index (χ2v) is 7.30. The fraction of sp³-hybridized carbons (Fsp3) is 0.667. The Morgan fingerprint density at radius 3 is 2.83 bits per heavy atom. The first-order chi connectivity index (χ1) is 11.5. The van der Waals surface area contributed by atoms with Gasteiger partial charge < -0.3 is 19.7 Å². The lowest BCUT2D eigenvalue weighted by molar-refractivity contribution is -0.131. The third kappa shape index (κ3) is 3.34. The Kier molecular flexibility index (Phi) is 4.94. The molecule has 2 aliphatic heterocycles. The molecule has 2 aliphatic rings. The first-order valence-electron chi connectivity index (χ1n) is 8.90. The lowest BCUT2D eigenvalue weighted by Crippen LogP contribution is -2.49. The van der Waals surface area contributed by atoms with Crippen LogP contribution in [0.15, 0.2) is 18.3 Å². The number of hydrogen-bond donors (Lipinski definition) is 1. The van der Waals surface area contributed by atoms with Crippen LogP contribution in [0.3, 0.4) is 0 Å². The minimum atomic E-state index is -0.0438. The van der Waals surface area contributed by atoms with Crippen molar-refractivity contribution >= 4 is 11.8 Å². The minimum absolute atomic E-state index is 0.0438. The van der Waals surface area contributed by atoms with Crippen molar-refractivity contribution in [1.29, 1.82) is 0 Å². The molecule has 3 heterocycles. The Labute approximate surface area is 143 Å². The zero-order chi connectivity index (χ0) is 17.2. The van der Waals surface area contributed by atoms with Gasteiger partial charge in [0, 0.05) is 44.3 Å². The Bertz CT molecular complexity index is 584. The molecule has 0 bridgehead atoms. The molecule has 132 valence electrons. The van der Waals surface area contributed by atoms with Crippen molar-refractivity contribution < 1.29 is 9.59 Å². The average Bonchev–Trinajstić information content (AvgIpc) is 3.12. The van der Waals surface area contributed by atoms with Crippen molar-refractivity contribution in [1.82, 2.24) is 19.7 Å². The summed E-state index contributed by atoms with van der Waals surface area (Å²) in [7, 11) is 4.08. The number of carbonyl (C=O) groups excluding carboxylic acids is 2. The van der Waals surface area contributed by atoms with Crippen LogP contribution in [0, 0.1) is 0 Å². The van der Waals surface area contributed by atoms with E-state index >= 15 is 0 Å². The Balaban J connectivity index is 1.69. The number of nitrogens with one attached hydrogen (secondary N) is 1. The van der Waals surface area contributed by atoms with Gasteiger partial charge in [0.05, 0.1) is 0 Å². The molecule has 1 aromatic heterocycles. The van der Waals surface area contributed by atoms with E-state index in [0.29, 0.717) is 12.1 Å². The quantitative estimate of drug-likeness (QED) is 0.910. The molecule has 0 aromatic carbocycles. The van der Waals surface area contributed by atoms with Crippen molar-refractivity contribution in [2.24, 2.45) is 0 Å². The number of nitrogens with zero attached hydrogens (tertiary/aromatic N) is 3. The van der Waals surface area contributed by atoms with Crippen LogP contribution < -0.4 is 0 Å². The zero-order valence-corrected chi connectivity index (χ0v) is 14.8. The summed E-state index contributed by atoms with van der Waals surface area (Å²) in [5.74, 6) is 0.349. The van der Waals surface area contributed by atoms with Crippen molar-refractivity contribution in [3.8, 4) is 0 Å². The smallest absolute Gasteiger partial charge is 0.270 e. The van der Waals surface area contributed by atoms with E-state index in [2.05, 4.69) is 14.8 Å². The standard InChI is InChI=1S/C18H28N4O2/c1-20(2)13-14-22-16(23)6-8-18(22)7-4-11-21(12-9-18)17(24)15-5-3-10-19-15/h3,5,10,19H,4,6-9,11-14H2,1-2H3/t18-/m1/s1. The van der Waals surface area contributed by atoms with E-state index in [1.807, 2.05) is 31.1 Å². The highest BCUT2D eigenvalue weighted by Crippen LogP contribution is 2.39. The summed E-state index contributed by atoms with van der Waals surface area (Å²) in [5.41, 5.74) is 0.607. The maximum atomic E-state index is 12.6. The second kappa shape index (κ2) is 6.97. The van der Waals surface area contributed by atoms with Gasteiger partial charge in [0.25, 0.3) is 5.91 Å². The highest BCUT2D eigenvalue weighted by atomic mass is 16.2. The van der Waals surface area contributed by atoms with Crippen LogP contribution in [0.5, 0.6) is 0 Å². The van der Waals surface area contributed by atoms with E-state index < -0.39 is 0 Å². The molecule has 6 nitrogen and oxygen atoms in total. The van der Waals surface area contributed by atoms with Crippen molar-refractivity contribution in [3.05, 3.63) is 24.0 Å². The van der Waals surface area contributed by atoms with E-state index in [9.17, 15) is 9.59 Å². The van der Waals surface area contributed by atoms with Gasteiger partial charge in [0.1, 0.15) is 5.69 Å². The summed E-state index contributed by atoms with van der Waals surface area (Å²) in [6.07, 6.45) is 6.21. The Morgan fingerprint density at radius 1 is 1.29 bits per heavy atom. The molecule has 2 saturated heterocycles. The lowest BCUT2D eigenvalue weighted by atomic mass is 9.87. The highest BCUT2D eigenvalue weighted by Gasteiger charge is 2.45. The van der Waals surface area contributed by atoms with E-state index in [0.717, 1.165) is 51.9 Å². The molecule has 2 fully saturated rings.